The zero-order chi connectivity index (χ0) is 37.5. The Labute approximate surface area is 287 Å². The average Bonchev–Trinajstić information content (AvgIpc) is 3.48. The molecule has 2 aromatic carbocycles. The van der Waals surface area contributed by atoms with Crippen LogP contribution in [0.25, 0.3) is 0 Å². The molecule has 8 nitrogen and oxygen atoms in total. The van der Waals surface area contributed by atoms with Gasteiger partial charge in [-0.15, -0.1) is 10.2 Å². The highest BCUT2D eigenvalue weighted by molar-refractivity contribution is 5.97. The highest BCUT2D eigenvalue weighted by Gasteiger charge is 2.46. The number of ether oxygens (including phenoxy) is 1. The first kappa shape index (κ1) is 38.1. The lowest BCUT2D eigenvalue weighted by molar-refractivity contribution is -0.145. The molecule has 0 radical (unpaired) electrons. The van der Waals surface area contributed by atoms with Crippen LogP contribution in [0, 0.1) is 11.8 Å². The van der Waals surface area contributed by atoms with E-state index in [0.717, 1.165) is 23.0 Å². The maximum absolute atomic E-state index is 14.3. The van der Waals surface area contributed by atoms with Gasteiger partial charge in [0.1, 0.15) is 0 Å². The van der Waals surface area contributed by atoms with Gasteiger partial charge in [-0.1, -0.05) is 6.92 Å². The molecule has 1 fully saturated rings. The molecule has 17 heteroatoms. The molecule has 0 bridgehead atoms. The van der Waals surface area contributed by atoms with Gasteiger partial charge in [-0.3, -0.25) is 9.59 Å². The van der Waals surface area contributed by atoms with Gasteiger partial charge < -0.3 is 9.64 Å². The minimum atomic E-state index is -5.20. The van der Waals surface area contributed by atoms with E-state index in [4.69, 9.17) is 4.74 Å². The summed E-state index contributed by atoms with van der Waals surface area (Å²) in [7, 11) is 1.33. The summed E-state index contributed by atoms with van der Waals surface area (Å²) in [6.07, 6.45) is -13.0. The van der Waals surface area contributed by atoms with Crippen LogP contribution in [0.2, 0.25) is 0 Å². The van der Waals surface area contributed by atoms with E-state index in [2.05, 4.69) is 15.4 Å². The predicted molar refractivity (Wildman–Crippen MR) is 164 cm³/mol. The fourth-order valence-corrected chi connectivity index (χ4v) is 7.34. The molecule has 51 heavy (non-hydrogen) atoms. The Morgan fingerprint density at radius 2 is 1.47 bits per heavy atom. The summed E-state index contributed by atoms with van der Waals surface area (Å²) < 4.78 is 132. The van der Waals surface area contributed by atoms with Crippen LogP contribution in [0.3, 0.4) is 0 Å². The lowest BCUT2D eigenvalue weighted by atomic mass is 9.72. The normalized spacial score (nSPS) is 22.0. The molecule has 5 rings (SSSR count). The monoisotopic (exact) mass is 733 g/mol. The molecule has 3 aromatic rings. The lowest BCUT2D eigenvalue weighted by Gasteiger charge is -2.45. The second kappa shape index (κ2) is 14.4. The maximum Gasteiger partial charge on any atom is 0.416 e. The van der Waals surface area contributed by atoms with Crippen molar-refractivity contribution in [1.82, 2.24) is 20.2 Å². The topological polar surface area (TPSA) is 90.2 Å². The van der Waals surface area contributed by atoms with Crippen molar-refractivity contribution in [3.05, 3.63) is 70.0 Å². The van der Waals surface area contributed by atoms with Gasteiger partial charge in [0, 0.05) is 30.0 Å². The molecular formula is C34H36F9N5O3. The van der Waals surface area contributed by atoms with Crippen molar-refractivity contribution in [2.45, 2.75) is 95.2 Å². The highest BCUT2D eigenvalue weighted by Crippen LogP contribution is 2.51. The first-order valence-electron chi connectivity index (χ1n) is 16.5. The molecular weight excluding hydrogens is 697 g/mol. The van der Waals surface area contributed by atoms with Crippen molar-refractivity contribution in [1.29, 1.82) is 0 Å². The van der Waals surface area contributed by atoms with Crippen molar-refractivity contribution in [3.8, 4) is 0 Å². The van der Waals surface area contributed by atoms with Gasteiger partial charge in [-0.25, -0.2) is 0 Å². The maximum atomic E-state index is 14.3. The SMILES string of the molecule is CCOC(=O)CC1CCC(C(=O)N2c3ccc(C(F)(F)F)cc3C(C(c3cc(C(F)(F)F)cc(C(F)(F)F)c3)c3nnn(C)n3)CC2CC)CC1. The molecule has 1 aromatic heterocycles. The van der Waals surface area contributed by atoms with Crippen LogP contribution >= 0.6 is 0 Å². The van der Waals surface area contributed by atoms with Crippen LogP contribution in [0.1, 0.15) is 104 Å². The van der Waals surface area contributed by atoms with Gasteiger partial charge in [0.25, 0.3) is 0 Å². The number of halogens is 9. The molecule has 0 spiro atoms. The van der Waals surface area contributed by atoms with Gasteiger partial charge in [0.05, 0.1) is 36.3 Å². The fraction of sp³-hybridized carbons (Fsp3) is 0.559. The van der Waals surface area contributed by atoms with Gasteiger partial charge in [0.2, 0.25) is 5.91 Å². The van der Waals surface area contributed by atoms with Crippen LogP contribution in [-0.2, 0) is 39.9 Å². The third kappa shape index (κ3) is 8.32. The number of benzene rings is 2. The molecule has 278 valence electrons. The summed E-state index contributed by atoms with van der Waals surface area (Å²) in [4.78, 5) is 28.6. The van der Waals surface area contributed by atoms with Crippen molar-refractivity contribution >= 4 is 17.6 Å². The molecule has 2 aliphatic rings. The van der Waals surface area contributed by atoms with E-state index >= 15 is 0 Å². The third-order valence-corrected chi connectivity index (χ3v) is 9.74. The fourth-order valence-electron chi connectivity index (χ4n) is 7.34. The number of hydrogen-bond acceptors (Lipinski definition) is 6. The van der Waals surface area contributed by atoms with Crippen LogP contribution in [0.5, 0.6) is 0 Å². The number of aryl methyl sites for hydroxylation is 1. The van der Waals surface area contributed by atoms with Gasteiger partial charge in [0.15, 0.2) is 5.82 Å². The third-order valence-electron chi connectivity index (χ3n) is 9.74. The van der Waals surface area contributed by atoms with Crippen LogP contribution in [0.4, 0.5) is 45.2 Å². The van der Waals surface area contributed by atoms with E-state index in [-0.39, 0.29) is 66.8 Å². The second-order valence-corrected chi connectivity index (χ2v) is 13.1. The van der Waals surface area contributed by atoms with Crippen molar-refractivity contribution in [3.63, 3.8) is 0 Å². The Bertz CT molecular complexity index is 1700. The van der Waals surface area contributed by atoms with E-state index < -0.39 is 64.6 Å². The quantitative estimate of drug-likeness (QED) is 0.171. The molecule has 3 atom stereocenters. The number of hydrogen-bond donors (Lipinski definition) is 0. The molecule has 2 heterocycles. The zero-order valence-corrected chi connectivity index (χ0v) is 27.9. The number of esters is 1. The standard InChI is InChI=1S/C34H36F9N5O3/c1-4-24-17-26(29(30-44-46-47(3)45-30)20-13-22(33(38,39)40)15-23(14-20)34(41,42)43)25-16-21(32(35,36)37)10-11-27(25)48(24)31(50)19-8-6-18(7-9-19)12-28(49)51-5-2/h10-11,13-16,18-19,24,26,29H,4-9,12,17H2,1-3H3. The number of carbonyl (C=O) groups is 2. The highest BCUT2D eigenvalue weighted by atomic mass is 19.4. The van der Waals surface area contributed by atoms with Gasteiger partial charge in [-0.05, 0) is 104 Å². The number of amides is 1. The first-order chi connectivity index (χ1) is 23.8. The van der Waals surface area contributed by atoms with Gasteiger partial charge >= 0.3 is 24.5 Å². The number of aromatic nitrogens is 4. The average molecular weight is 734 g/mol. The minimum Gasteiger partial charge on any atom is -0.466 e. The first-order valence-corrected chi connectivity index (χ1v) is 16.5. The van der Waals surface area contributed by atoms with Gasteiger partial charge in [-0.2, -0.15) is 44.3 Å². The summed E-state index contributed by atoms with van der Waals surface area (Å²) in [6, 6.07) is 3.05. The van der Waals surface area contributed by atoms with Crippen molar-refractivity contribution in [2.24, 2.45) is 18.9 Å². The predicted octanol–water partition coefficient (Wildman–Crippen LogP) is 8.46. The Morgan fingerprint density at radius 1 is 0.863 bits per heavy atom. The van der Waals surface area contributed by atoms with Crippen LogP contribution in [0.15, 0.2) is 36.4 Å². The zero-order valence-electron chi connectivity index (χ0n) is 27.9. The summed E-state index contributed by atoms with van der Waals surface area (Å²) in [5, 5.41) is 11.7. The molecule has 1 aliphatic heterocycles. The van der Waals surface area contributed by atoms with Crippen molar-refractivity contribution in [2.75, 3.05) is 11.5 Å². The smallest absolute Gasteiger partial charge is 0.416 e. The molecule has 1 aliphatic carbocycles. The summed E-state index contributed by atoms with van der Waals surface area (Å²) in [5.74, 6) is -4.25. The number of anilines is 1. The van der Waals surface area contributed by atoms with Crippen LogP contribution in [-0.4, -0.2) is 44.7 Å². The lowest BCUT2D eigenvalue weighted by Crippen LogP contribution is -2.48. The van der Waals surface area contributed by atoms with Crippen molar-refractivity contribution < 1.29 is 53.8 Å². The van der Waals surface area contributed by atoms with E-state index in [1.807, 2.05) is 0 Å². The second-order valence-electron chi connectivity index (χ2n) is 13.1. The Balaban J connectivity index is 1.63. The van der Waals surface area contributed by atoms with E-state index in [9.17, 15) is 49.1 Å². The van der Waals surface area contributed by atoms with E-state index in [0.29, 0.717) is 37.8 Å². The molecule has 1 amide bonds. The number of carbonyl (C=O) groups excluding carboxylic acids is 2. The Hall–Kier alpha value is -4.18. The van der Waals surface area contributed by atoms with E-state index in [1.54, 1.807) is 13.8 Å². The number of alkyl halides is 9. The Morgan fingerprint density at radius 3 is 1.98 bits per heavy atom. The summed E-state index contributed by atoms with van der Waals surface area (Å²) >= 11 is 0. The molecule has 0 saturated heterocycles. The number of fused-ring (bicyclic) bond motifs is 1. The Kier molecular flexibility index (Phi) is 10.8. The largest absolute Gasteiger partial charge is 0.466 e. The molecule has 3 unspecified atom stereocenters. The number of rotatable bonds is 8. The molecule has 1 saturated carbocycles. The summed E-state index contributed by atoms with van der Waals surface area (Å²) in [5.41, 5.74) is -4.87. The van der Waals surface area contributed by atoms with Crippen LogP contribution < -0.4 is 4.90 Å². The number of tetrazole rings is 1. The number of nitrogens with zero attached hydrogens (tertiary/aromatic N) is 5. The molecule has 0 N–H and O–H groups in total. The minimum absolute atomic E-state index is 0.00303. The summed E-state index contributed by atoms with van der Waals surface area (Å²) in [6.45, 7) is 3.66. The van der Waals surface area contributed by atoms with E-state index in [1.165, 1.54) is 11.9 Å².